The number of rotatable bonds is 4. The van der Waals surface area contributed by atoms with Crippen LogP contribution in [0.15, 0.2) is 24.3 Å². The van der Waals surface area contributed by atoms with Gasteiger partial charge in [-0.05, 0) is 53.0 Å². The monoisotopic (exact) mass is 304 g/mol. The van der Waals surface area contributed by atoms with E-state index in [1.165, 1.54) is 6.07 Å². The Bertz CT molecular complexity index is 599. The molecule has 0 N–H and O–H groups in total. The maximum atomic E-state index is 13.6. The molecule has 0 aliphatic heterocycles. The van der Waals surface area contributed by atoms with Crippen LogP contribution in [0.25, 0.3) is 5.57 Å². The third-order valence-electron chi connectivity index (χ3n) is 4.60. The summed E-state index contributed by atoms with van der Waals surface area (Å²) < 4.78 is 18.7. The van der Waals surface area contributed by atoms with Crippen LogP contribution in [0.5, 0.6) is 0 Å². The van der Waals surface area contributed by atoms with E-state index in [1.807, 2.05) is 12.1 Å². The highest BCUT2D eigenvalue weighted by molar-refractivity contribution is 5.70. The second kappa shape index (κ2) is 5.86. The number of halogens is 1. The standard InChI is InChI=1S/C19H25FO2/c1-13-8-14(6-7-17(13)20)15-9-18(2,3)11-19(4,5)16(15)10-22-12-21/h6-9,12,16H,10-11H2,1-5H3. The molecule has 0 amide bonds. The van der Waals surface area contributed by atoms with Gasteiger partial charge in [0.15, 0.2) is 0 Å². The topological polar surface area (TPSA) is 26.3 Å². The summed E-state index contributed by atoms with van der Waals surface area (Å²) in [5.41, 5.74) is 2.85. The summed E-state index contributed by atoms with van der Waals surface area (Å²) in [6.45, 7) is 11.5. The fourth-order valence-corrected chi connectivity index (χ4v) is 3.85. The first kappa shape index (κ1) is 16.7. The van der Waals surface area contributed by atoms with Crippen molar-refractivity contribution in [1.29, 1.82) is 0 Å². The summed E-state index contributed by atoms with van der Waals surface area (Å²) in [7, 11) is 0. The van der Waals surface area contributed by atoms with Crippen molar-refractivity contribution < 1.29 is 13.9 Å². The highest BCUT2D eigenvalue weighted by atomic mass is 19.1. The van der Waals surface area contributed by atoms with Gasteiger partial charge in [0.05, 0.1) is 6.61 Å². The molecule has 1 aromatic carbocycles. The molecule has 1 unspecified atom stereocenters. The second-order valence-corrected chi connectivity index (χ2v) is 7.70. The van der Waals surface area contributed by atoms with Crippen LogP contribution in [0.4, 0.5) is 4.39 Å². The minimum atomic E-state index is -0.195. The molecule has 1 atom stereocenters. The van der Waals surface area contributed by atoms with E-state index in [0.29, 0.717) is 18.6 Å². The molecule has 1 aromatic rings. The molecule has 22 heavy (non-hydrogen) atoms. The zero-order chi connectivity index (χ0) is 16.5. The summed E-state index contributed by atoms with van der Waals surface area (Å²) >= 11 is 0. The molecule has 3 heteroatoms. The molecule has 0 saturated carbocycles. The van der Waals surface area contributed by atoms with E-state index in [-0.39, 0.29) is 22.6 Å². The van der Waals surface area contributed by atoms with E-state index >= 15 is 0 Å². The van der Waals surface area contributed by atoms with Crippen LogP contribution in [0.1, 0.15) is 45.2 Å². The Labute approximate surface area is 132 Å². The summed E-state index contributed by atoms with van der Waals surface area (Å²) in [5.74, 6) is -0.0880. The first-order valence-electron chi connectivity index (χ1n) is 7.71. The van der Waals surface area contributed by atoms with Gasteiger partial charge in [0.1, 0.15) is 5.82 Å². The lowest BCUT2D eigenvalue weighted by molar-refractivity contribution is -0.130. The predicted molar refractivity (Wildman–Crippen MR) is 86.8 cm³/mol. The molecular weight excluding hydrogens is 279 g/mol. The second-order valence-electron chi connectivity index (χ2n) is 7.70. The number of ether oxygens (including phenoxy) is 1. The Morgan fingerprint density at radius 3 is 2.59 bits per heavy atom. The van der Waals surface area contributed by atoms with Gasteiger partial charge in [-0.3, -0.25) is 4.79 Å². The quantitative estimate of drug-likeness (QED) is 0.749. The van der Waals surface area contributed by atoms with E-state index < -0.39 is 0 Å². The van der Waals surface area contributed by atoms with E-state index in [1.54, 1.807) is 6.92 Å². The van der Waals surface area contributed by atoms with Crippen molar-refractivity contribution in [2.45, 2.75) is 41.0 Å². The van der Waals surface area contributed by atoms with Crippen molar-refractivity contribution in [1.82, 2.24) is 0 Å². The van der Waals surface area contributed by atoms with Gasteiger partial charge in [0.2, 0.25) is 0 Å². The van der Waals surface area contributed by atoms with Crippen molar-refractivity contribution in [3.8, 4) is 0 Å². The summed E-state index contributed by atoms with van der Waals surface area (Å²) in [5, 5.41) is 0. The Kier molecular flexibility index (Phi) is 4.46. The zero-order valence-electron chi connectivity index (χ0n) is 14.1. The van der Waals surface area contributed by atoms with Gasteiger partial charge in [-0.2, -0.15) is 0 Å². The first-order chi connectivity index (χ1) is 10.2. The van der Waals surface area contributed by atoms with Gasteiger partial charge in [-0.1, -0.05) is 39.8 Å². The van der Waals surface area contributed by atoms with Gasteiger partial charge in [0, 0.05) is 5.92 Å². The molecule has 2 rings (SSSR count). The third-order valence-corrected chi connectivity index (χ3v) is 4.60. The molecule has 2 nitrogen and oxygen atoms in total. The lowest BCUT2D eigenvalue weighted by atomic mass is 9.60. The number of hydrogen-bond acceptors (Lipinski definition) is 2. The summed E-state index contributed by atoms with van der Waals surface area (Å²) in [4.78, 5) is 10.6. The molecule has 0 radical (unpaired) electrons. The molecule has 0 aromatic heterocycles. The van der Waals surface area contributed by atoms with Crippen molar-refractivity contribution in [3.05, 3.63) is 41.2 Å². The maximum absolute atomic E-state index is 13.6. The van der Waals surface area contributed by atoms with Crippen molar-refractivity contribution in [2.24, 2.45) is 16.7 Å². The molecule has 0 fully saturated rings. The number of benzene rings is 1. The SMILES string of the molecule is Cc1cc(C2=CC(C)(C)CC(C)(C)C2COC=O)ccc1F. The molecule has 1 aliphatic rings. The Balaban J connectivity index is 2.52. The zero-order valence-corrected chi connectivity index (χ0v) is 14.1. The highest BCUT2D eigenvalue weighted by Gasteiger charge is 2.41. The highest BCUT2D eigenvalue weighted by Crippen LogP contribution is 2.51. The van der Waals surface area contributed by atoms with E-state index in [9.17, 15) is 9.18 Å². The summed E-state index contributed by atoms with van der Waals surface area (Å²) in [6, 6.07) is 5.21. The molecule has 0 heterocycles. The predicted octanol–water partition coefficient (Wildman–Crippen LogP) is 4.76. The van der Waals surface area contributed by atoms with Gasteiger partial charge < -0.3 is 4.74 Å². The van der Waals surface area contributed by atoms with E-state index in [2.05, 4.69) is 33.8 Å². The number of hydrogen-bond donors (Lipinski definition) is 0. The van der Waals surface area contributed by atoms with Crippen LogP contribution in [-0.2, 0) is 9.53 Å². The smallest absolute Gasteiger partial charge is 0.293 e. The molecule has 1 aliphatic carbocycles. The molecule has 0 bridgehead atoms. The minimum absolute atomic E-state index is 0.00111. The summed E-state index contributed by atoms with van der Waals surface area (Å²) in [6.07, 6.45) is 3.26. The van der Waals surface area contributed by atoms with E-state index in [0.717, 1.165) is 17.6 Å². The van der Waals surface area contributed by atoms with Crippen molar-refractivity contribution in [2.75, 3.05) is 6.61 Å². The minimum Gasteiger partial charge on any atom is -0.467 e. The molecule has 0 spiro atoms. The third kappa shape index (κ3) is 3.40. The van der Waals surface area contributed by atoms with Crippen LogP contribution in [0.3, 0.4) is 0 Å². The maximum Gasteiger partial charge on any atom is 0.293 e. The fourth-order valence-electron chi connectivity index (χ4n) is 3.85. The lowest BCUT2D eigenvalue weighted by Crippen LogP contribution is -2.37. The van der Waals surface area contributed by atoms with Gasteiger partial charge in [-0.25, -0.2) is 4.39 Å². The van der Waals surface area contributed by atoms with Crippen molar-refractivity contribution >= 4 is 12.0 Å². The molecular formula is C19H25FO2. The number of carbonyl (C=O) groups is 1. The Hall–Kier alpha value is -1.64. The average Bonchev–Trinajstić information content (AvgIpc) is 2.38. The van der Waals surface area contributed by atoms with Crippen LogP contribution >= 0.6 is 0 Å². The normalized spacial score (nSPS) is 22.8. The van der Waals surface area contributed by atoms with Crippen LogP contribution in [0.2, 0.25) is 0 Å². The fraction of sp³-hybridized carbons (Fsp3) is 0.526. The first-order valence-corrected chi connectivity index (χ1v) is 7.71. The van der Waals surface area contributed by atoms with Gasteiger partial charge >= 0.3 is 0 Å². The lowest BCUT2D eigenvalue weighted by Gasteiger charge is -2.45. The number of allylic oxidation sites excluding steroid dienone is 1. The number of aryl methyl sites for hydroxylation is 1. The Morgan fingerprint density at radius 1 is 1.32 bits per heavy atom. The number of carbonyl (C=O) groups excluding carboxylic acids is 1. The van der Waals surface area contributed by atoms with Crippen molar-refractivity contribution in [3.63, 3.8) is 0 Å². The van der Waals surface area contributed by atoms with Crippen LogP contribution in [0, 0.1) is 29.5 Å². The van der Waals surface area contributed by atoms with Crippen LogP contribution < -0.4 is 0 Å². The average molecular weight is 304 g/mol. The molecule has 120 valence electrons. The van der Waals surface area contributed by atoms with Gasteiger partial charge in [-0.15, -0.1) is 0 Å². The van der Waals surface area contributed by atoms with Crippen LogP contribution in [-0.4, -0.2) is 13.1 Å². The van der Waals surface area contributed by atoms with Gasteiger partial charge in [0.25, 0.3) is 6.47 Å². The molecule has 0 saturated heterocycles. The van der Waals surface area contributed by atoms with E-state index in [4.69, 9.17) is 4.74 Å². The Morgan fingerprint density at radius 2 is 2.00 bits per heavy atom. The largest absolute Gasteiger partial charge is 0.467 e.